The standard InChI is InChI=1S/C13H22N2O/c1-8-7-14-9(2)11(8)10(3)15-12(16)13(4,5)6/h7,10,14H,1-6H3,(H,15,16). The molecule has 16 heavy (non-hydrogen) atoms. The lowest BCUT2D eigenvalue weighted by Gasteiger charge is -2.22. The fourth-order valence-electron chi connectivity index (χ4n) is 1.82. The van der Waals surface area contributed by atoms with Crippen LogP contribution in [0.4, 0.5) is 0 Å². The predicted molar refractivity (Wildman–Crippen MR) is 66.3 cm³/mol. The van der Waals surface area contributed by atoms with Gasteiger partial charge in [-0.2, -0.15) is 0 Å². The van der Waals surface area contributed by atoms with Crippen molar-refractivity contribution in [2.45, 2.75) is 47.6 Å². The first kappa shape index (κ1) is 12.8. The van der Waals surface area contributed by atoms with Crippen LogP contribution in [0.25, 0.3) is 0 Å². The highest BCUT2D eigenvalue weighted by atomic mass is 16.2. The number of amides is 1. The number of hydrogen-bond acceptors (Lipinski definition) is 1. The maximum absolute atomic E-state index is 11.9. The van der Waals surface area contributed by atoms with E-state index in [9.17, 15) is 4.79 Å². The summed E-state index contributed by atoms with van der Waals surface area (Å²) in [4.78, 5) is 15.0. The third kappa shape index (κ3) is 2.65. The minimum Gasteiger partial charge on any atom is -0.365 e. The van der Waals surface area contributed by atoms with E-state index in [1.54, 1.807) is 0 Å². The summed E-state index contributed by atoms with van der Waals surface area (Å²) in [6, 6.07) is 0.0537. The Kier molecular flexibility index (Phi) is 3.46. The average Bonchev–Trinajstić information content (AvgIpc) is 2.44. The van der Waals surface area contributed by atoms with E-state index in [-0.39, 0.29) is 17.4 Å². The van der Waals surface area contributed by atoms with E-state index < -0.39 is 0 Å². The van der Waals surface area contributed by atoms with Crippen LogP contribution in [0.5, 0.6) is 0 Å². The van der Waals surface area contributed by atoms with Crippen molar-refractivity contribution in [3.63, 3.8) is 0 Å². The van der Waals surface area contributed by atoms with Crippen LogP contribution in [-0.2, 0) is 4.79 Å². The maximum Gasteiger partial charge on any atom is 0.225 e. The Labute approximate surface area is 97.6 Å². The zero-order chi connectivity index (χ0) is 12.5. The summed E-state index contributed by atoms with van der Waals surface area (Å²) in [6.45, 7) is 11.9. The lowest BCUT2D eigenvalue weighted by atomic mass is 9.94. The molecule has 0 saturated carbocycles. The molecule has 0 fully saturated rings. The molecule has 0 aliphatic heterocycles. The van der Waals surface area contributed by atoms with Gasteiger partial charge in [-0.3, -0.25) is 4.79 Å². The number of carbonyl (C=O) groups is 1. The highest BCUT2D eigenvalue weighted by Gasteiger charge is 2.24. The maximum atomic E-state index is 11.9. The van der Waals surface area contributed by atoms with Crippen LogP contribution in [0.15, 0.2) is 6.20 Å². The van der Waals surface area contributed by atoms with Gasteiger partial charge < -0.3 is 10.3 Å². The fraction of sp³-hybridized carbons (Fsp3) is 0.615. The molecular weight excluding hydrogens is 200 g/mol. The summed E-state index contributed by atoms with van der Waals surface area (Å²) >= 11 is 0. The summed E-state index contributed by atoms with van der Waals surface area (Å²) in [5, 5.41) is 3.04. The van der Waals surface area contributed by atoms with Crippen molar-refractivity contribution < 1.29 is 4.79 Å². The molecule has 3 nitrogen and oxygen atoms in total. The highest BCUT2D eigenvalue weighted by molar-refractivity contribution is 5.81. The van der Waals surface area contributed by atoms with Crippen LogP contribution in [0, 0.1) is 19.3 Å². The van der Waals surface area contributed by atoms with Gasteiger partial charge in [-0.05, 0) is 31.9 Å². The second kappa shape index (κ2) is 4.32. The summed E-state index contributed by atoms with van der Waals surface area (Å²) in [6.07, 6.45) is 1.98. The van der Waals surface area contributed by atoms with Crippen molar-refractivity contribution in [3.05, 3.63) is 23.0 Å². The Balaban J connectivity index is 2.81. The lowest BCUT2D eigenvalue weighted by Crippen LogP contribution is -2.36. The molecule has 3 heteroatoms. The molecule has 1 unspecified atom stereocenters. The summed E-state index contributed by atoms with van der Waals surface area (Å²) < 4.78 is 0. The zero-order valence-electron chi connectivity index (χ0n) is 11.1. The topological polar surface area (TPSA) is 44.9 Å². The second-order valence-corrected chi connectivity index (χ2v) is 5.46. The van der Waals surface area contributed by atoms with Crippen LogP contribution in [0.2, 0.25) is 0 Å². The largest absolute Gasteiger partial charge is 0.365 e. The average molecular weight is 222 g/mol. The van der Waals surface area contributed by atoms with Gasteiger partial charge in [0, 0.05) is 17.3 Å². The minimum atomic E-state index is -0.341. The molecule has 1 aromatic rings. The number of aryl methyl sites for hydroxylation is 2. The summed E-state index contributed by atoms with van der Waals surface area (Å²) in [7, 11) is 0. The quantitative estimate of drug-likeness (QED) is 0.794. The molecule has 0 radical (unpaired) electrons. The number of hydrogen-bond donors (Lipinski definition) is 2. The van der Waals surface area contributed by atoms with Crippen LogP contribution < -0.4 is 5.32 Å². The molecule has 0 aliphatic carbocycles. The Morgan fingerprint density at radius 3 is 2.31 bits per heavy atom. The van der Waals surface area contributed by atoms with Gasteiger partial charge in [0.05, 0.1) is 6.04 Å². The summed E-state index contributed by atoms with van der Waals surface area (Å²) in [5.41, 5.74) is 3.17. The molecular formula is C13H22N2O. The van der Waals surface area contributed by atoms with Crippen molar-refractivity contribution in [1.82, 2.24) is 10.3 Å². The SMILES string of the molecule is Cc1c[nH]c(C)c1C(C)NC(=O)C(C)(C)C. The molecule has 0 saturated heterocycles. The number of aromatic nitrogens is 1. The van der Waals surface area contributed by atoms with Crippen LogP contribution in [-0.4, -0.2) is 10.9 Å². The third-order valence-corrected chi connectivity index (χ3v) is 2.80. The van der Waals surface area contributed by atoms with Gasteiger partial charge in [-0.1, -0.05) is 20.8 Å². The fourth-order valence-corrected chi connectivity index (χ4v) is 1.82. The van der Waals surface area contributed by atoms with Crippen molar-refractivity contribution in [2.75, 3.05) is 0 Å². The van der Waals surface area contributed by atoms with Gasteiger partial charge in [0.15, 0.2) is 0 Å². The highest BCUT2D eigenvalue weighted by Crippen LogP contribution is 2.22. The van der Waals surface area contributed by atoms with Gasteiger partial charge in [0.25, 0.3) is 0 Å². The molecule has 1 aromatic heterocycles. The van der Waals surface area contributed by atoms with Crippen molar-refractivity contribution in [2.24, 2.45) is 5.41 Å². The molecule has 0 aromatic carbocycles. The van der Waals surface area contributed by atoms with Crippen molar-refractivity contribution >= 4 is 5.91 Å². The number of nitrogens with one attached hydrogen (secondary N) is 2. The normalized spacial score (nSPS) is 13.6. The van der Waals surface area contributed by atoms with E-state index in [4.69, 9.17) is 0 Å². The number of aromatic amines is 1. The first-order chi connectivity index (χ1) is 7.23. The van der Waals surface area contributed by atoms with Crippen LogP contribution in [0.1, 0.15) is 50.6 Å². The zero-order valence-corrected chi connectivity index (χ0v) is 11.1. The molecule has 1 heterocycles. The van der Waals surface area contributed by atoms with E-state index in [1.165, 1.54) is 11.1 Å². The van der Waals surface area contributed by atoms with Gasteiger partial charge in [0.2, 0.25) is 5.91 Å². The lowest BCUT2D eigenvalue weighted by molar-refractivity contribution is -0.129. The van der Waals surface area contributed by atoms with Crippen LogP contribution >= 0.6 is 0 Å². The Morgan fingerprint density at radius 2 is 1.94 bits per heavy atom. The molecule has 1 rings (SSSR count). The molecule has 0 aliphatic rings. The predicted octanol–water partition coefficient (Wildman–Crippen LogP) is 2.85. The molecule has 0 spiro atoms. The Hall–Kier alpha value is -1.25. The smallest absolute Gasteiger partial charge is 0.225 e. The molecule has 90 valence electrons. The Bertz CT molecular complexity index is 366. The van der Waals surface area contributed by atoms with Gasteiger partial charge in [0.1, 0.15) is 0 Å². The number of carbonyl (C=O) groups excluding carboxylic acids is 1. The molecule has 1 atom stereocenters. The minimum absolute atomic E-state index is 0.0537. The van der Waals surface area contributed by atoms with Crippen molar-refractivity contribution in [1.29, 1.82) is 0 Å². The summed E-state index contributed by atoms with van der Waals surface area (Å²) in [5.74, 6) is 0.0833. The molecule has 2 N–H and O–H groups in total. The van der Waals surface area contributed by atoms with Crippen molar-refractivity contribution in [3.8, 4) is 0 Å². The molecule has 0 bridgehead atoms. The van der Waals surface area contributed by atoms with Gasteiger partial charge in [-0.25, -0.2) is 0 Å². The molecule has 1 amide bonds. The third-order valence-electron chi connectivity index (χ3n) is 2.80. The second-order valence-electron chi connectivity index (χ2n) is 5.46. The van der Waals surface area contributed by atoms with E-state index in [0.29, 0.717) is 0 Å². The van der Waals surface area contributed by atoms with Crippen LogP contribution in [0.3, 0.4) is 0 Å². The van der Waals surface area contributed by atoms with E-state index in [2.05, 4.69) is 17.2 Å². The van der Waals surface area contributed by atoms with Gasteiger partial charge in [-0.15, -0.1) is 0 Å². The number of H-pyrrole nitrogens is 1. The van der Waals surface area contributed by atoms with Gasteiger partial charge >= 0.3 is 0 Å². The monoisotopic (exact) mass is 222 g/mol. The van der Waals surface area contributed by atoms with E-state index in [0.717, 1.165) is 5.69 Å². The number of rotatable bonds is 2. The first-order valence-corrected chi connectivity index (χ1v) is 5.69. The Morgan fingerprint density at radius 1 is 1.38 bits per heavy atom. The van der Waals surface area contributed by atoms with E-state index in [1.807, 2.05) is 40.8 Å². The first-order valence-electron chi connectivity index (χ1n) is 5.69. The van der Waals surface area contributed by atoms with E-state index >= 15 is 0 Å².